The number of nitrogens with zero attached hydrogens (tertiary/aromatic N) is 6. The Morgan fingerprint density at radius 2 is 2.02 bits per heavy atom. The Morgan fingerprint density at radius 3 is 2.71 bits per heavy atom. The molecule has 208 valence electrons. The zero-order valence-corrected chi connectivity index (χ0v) is 22.0. The summed E-state index contributed by atoms with van der Waals surface area (Å²) in [4.78, 5) is 23.9. The summed E-state index contributed by atoms with van der Waals surface area (Å²) in [6, 6.07) is 10.9. The molecule has 1 fully saturated rings. The lowest BCUT2D eigenvalue weighted by Gasteiger charge is -2.46. The van der Waals surface area contributed by atoms with Crippen LogP contribution < -0.4 is 4.74 Å². The molecule has 1 saturated carbocycles. The number of alkyl halides is 2. The molecule has 4 aromatic rings. The Kier molecular flexibility index (Phi) is 5.28. The van der Waals surface area contributed by atoms with Crippen LogP contribution in [0.2, 0.25) is 0 Å². The number of benzene rings is 1. The zero-order valence-electron chi connectivity index (χ0n) is 22.0. The van der Waals surface area contributed by atoms with E-state index in [0.29, 0.717) is 40.3 Å². The van der Waals surface area contributed by atoms with Gasteiger partial charge in [-0.1, -0.05) is 6.07 Å². The van der Waals surface area contributed by atoms with Gasteiger partial charge in [0.25, 0.3) is 5.91 Å². The fourth-order valence-electron chi connectivity index (χ4n) is 6.83. The summed E-state index contributed by atoms with van der Waals surface area (Å²) in [5.41, 5.74) is 0.851. The summed E-state index contributed by atoms with van der Waals surface area (Å²) < 4.78 is 48.5. The second-order valence-electron chi connectivity index (χ2n) is 11.3. The number of fused-ring (bicyclic) bond motifs is 9. The van der Waals surface area contributed by atoms with Crippen LogP contribution in [0.3, 0.4) is 0 Å². The van der Waals surface area contributed by atoms with Crippen LogP contribution in [0, 0.1) is 17.1 Å². The van der Waals surface area contributed by atoms with Crippen molar-refractivity contribution in [2.75, 3.05) is 7.05 Å². The number of aliphatic hydroxyl groups is 1. The van der Waals surface area contributed by atoms with Gasteiger partial charge in [-0.25, -0.2) is 13.9 Å². The first-order valence-corrected chi connectivity index (χ1v) is 13.1. The summed E-state index contributed by atoms with van der Waals surface area (Å²) in [6.07, 6.45) is 2.03. The standard InChI is InChI=1S/C29H23F3N6O3/c1-28(40)11-29(12-28,13-33)25-17(30)8-14(10-34-25)18-6-7-21-35-23-19-9-16(24(23)38(21)36-18)22-15(26(39)37(19)2)4-3-5-20(22)41-27(31)32/h3-8,10,16,19,27,40H,9,11-12H2,1-2H3. The third kappa shape index (κ3) is 3.65. The molecule has 0 spiro atoms. The molecule has 0 saturated heterocycles. The predicted octanol–water partition coefficient (Wildman–Crippen LogP) is 4.50. The Bertz CT molecular complexity index is 1810. The van der Waals surface area contributed by atoms with Gasteiger partial charge in [0.2, 0.25) is 0 Å². The minimum atomic E-state index is -3.07. The van der Waals surface area contributed by atoms with E-state index in [1.165, 1.54) is 24.4 Å². The van der Waals surface area contributed by atoms with E-state index in [9.17, 15) is 23.9 Å². The van der Waals surface area contributed by atoms with Crippen LogP contribution in [0.4, 0.5) is 13.2 Å². The summed E-state index contributed by atoms with van der Waals surface area (Å²) in [5.74, 6) is -1.57. The van der Waals surface area contributed by atoms with Gasteiger partial charge in [-0.05, 0) is 43.7 Å². The number of pyridine rings is 1. The molecule has 3 aromatic heterocycles. The molecule has 9 nitrogen and oxygen atoms in total. The quantitative estimate of drug-likeness (QED) is 0.391. The number of aromatic nitrogens is 4. The van der Waals surface area contributed by atoms with Gasteiger partial charge in [0, 0.05) is 48.7 Å². The van der Waals surface area contributed by atoms with Gasteiger partial charge >= 0.3 is 6.61 Å². The van der Waals surface area contributed by atoms with E-state index in [4.69, 9.17) is 14.8 Å². The van der Waals surface area contributed by atoms with Crippen molar-refractivity contribution in [1.82, 2.24) is 24.5 Å². The van der Waals surface area contributed by atoms with Gasteiger partial charge in [-0.15, -0.1) is 0 Å². The van der Waals surface area contributed by atoms with Crippen molar-refractivity contribution in [3.05, 3.63) is 76.6 Å². The van der Waals surface area contributed by atoms with Gasteiger partial charge in [-0.3, -0.25) is 9.78 Å². The predicted molar refractivity (Wildman–Crippen MR) is 138 cm³/mol. The molecule has 0 radical (unpaired) electrons. The molecule has 2 atom stereocenters. The number of hydrogen-bond acceptors (Lipinski definition) is 7. The van der Waals surface area contributed by atoms with Crippen LogP contribution >= 0.6 is 0 Å². The Balaban J connectivity index is 1.34. The first-order valence-electron chi connectivity index (χ1n) is 13.1. The van der Waals surface area contributed by atoms with Gasteiger partial charge in [0.05, 0.1) is 40.5 Å². The number of halogens is 3. The lowest BCUT2D eigenvalue weighted by Crippen LogP contribution is -2.52. The van der Waals surface area contributed by atoms with Crippen LogP contribution in [0.25, 0.3) is 16.9 Å². The number of imidazole rings is 1. The van der Waals surface area contributed by atoms with Gasteiger partial charge in [-0.2, -0.15) is 19.1 Å². The molecular weight excluding hydrogens is 537 g/mol. The monoisotopic (exact) mass is 560 g/mol. The lowest BCUT2D eigenvalue weighted by atomic mass is 9.59. The summed E-state index contributed by atoms with van der Waals surface area (Å²) in [7, 11) is 1.66. The number of hydrogen-bond donors (Lipinski definition) is 1. The van der Waals surface area contributed by atoms with E-state index < -0.39 is 35.4 Å². The SMILES string of the molecule is CN1C(=O)c2cccc(OC(F)F)c2C2CC1c1nc3ccc(-c4cnc(C5(C#N)CC(C)(O)C5)c(F)c4)nn3c12. The normalized spacial score (nSPS) is 26.4. The largest absolute Gasteiger partial charge is 0.434 e. The topological polar surface area (TPSA) is 117 Å². The molecule has 1 aliphatic heterocycles. The van der Waals surface area contributed by atoms with Crippen molar-refractivity contribution in [1.29, 1.82) is 5.26 Å². The van der Waals surface area contributed by atoms with E-state index in [1.54, 1.807) is 41.6 Å². The molecule has 1 aromatic carbocycles. The highest BCUT2D eigenvalue weighted by Gasteiger charge is 2.55. The van der Waals surface area contributed by atoms with Crippen LogP contribution in [0.15, 0.2) is 42.6 Å². The fourth-order valence-corrected chi connectivity index (χ4v) is 6.83. The molecule has 2 bridgehead atoms. The molecule has 1 amide bonds. The lowest BCUT2D eigenvalue weighted by molar-refractivity contribution is -0.0579. The number of carbonyl (C=O) groups excluding carboxylic acids is 1. The second-order valence-corrected chi connectivity index (χ2v) is 11.3. The highest BCUT2D eigenvalue weighted by Crippen LogP contribution is 2.53. The van der Waals surface area contributed by atoms with E-state index >= 15 is 4.39 Å². The minimum absolute atomic E-state index is 0.0132. The number of carbonyl (C=O) groups is 1. The maximum atomic E-state index is 15.3. The van der Waals surface area contributed by atoms with Crippen molar-refractivity contribution in [3.8, 4) is 23.1 Å². The Hall–Kier alpha value is -4.50. The molecule has 7 rings (SSSR count). The number of rotatable bonds is 4. The van der Waals surface area contributed by atoms with Gasteiger partial charge in [0.15, 0.2) is 5.65 Å². The second kappa shape index (κ2) is 8.50. The van der Waals surface area contributed by atoms with Crippen LogP contribution in [-0.4, -0.2) is 54.8 Å². The Morgan fingerprint density at radius 1 is 1.24 bits per heavy atom. The molecule has 41 heavy (non-hydrogen) atoms. The third-order valence-electron chi connectivity index (χ3n) is 8.46. The molecule has 1 N–H and O–H groups in total. The molecule has 12 heteroatoms. The molecule has 2 aliphatic carbocycles. The minimum Gasteiger partial charge on any atom is -0.434 e. The zero-order chi connectivity index (χ0) is 28.8. The molecule has 2 unspecified atom stereocenters. The summed E-state index contributed by atoms with van der Waals surface area (Å²) in [6.45, 7) is -1.47. The first kappa shape index (κ1) is 25.5. The first-order chi connectivity index (χ1) is 19.5. The summed E-state index contributed by atoms with van der Waals surface area (Å²) in [5, 5.41) is 24.6. The van der Waals surface area contributed by atoms with Crippen molar-refractivity contribution in [2.24, 2.45) is 0 Å². The maximum absolute atomic E-state index is 15.3. The third-order valence-corrected chi connectivity index (χ3v) is 8.46. The number of nitriles is 1. The van der Waals surface area contributed by atoms with E-state index in [-0.39, 0.29) is 35.8 Å². The summed E-state index contributed by atoms with van der Waals surface area (Å²) >= 11 is 0. The van der Waals surface area contributed by atoms with E-state index in [1.807, 2.05) is 0 Å². The van der Waals surface area contributed by atoms with Crippen LogP contribution in [-0.2, 0) is 5.41 Å². The van der Waals surface area contributed by atoms with Crippen molar-refractivity contribution in [2.45, 2.75) is 55.8 Å². The smallest absolute Gasteiger partial charge is 0.387 e. The average molecular weight is 561 g/mol. The van der Waals surface area contributed by atoms with Crippen LogP contribution in [0.1, 0.15) is 71.1 Å². The average Bonchev–Trinajstić information content (AvgIpc) is 3.44. The number of ether oxygens (including phenoxy) is 1. The Labute approximate surface area is 231 Å². The van der Waals surface area contributed by atoms with Gasteiger partial charge < -0.3 is 14.7 Å². The van der Waals surface area contributed by atoms with Gasteiger partial charge in [0.1, 0.15) is 17.0 Å². The highest BCUT2D eigenvalue weighted by atomic mass is 19.3. The van der Waals surface area contributed by atoms with Crippen LogP contribution in [0.5, 0.6) is 5.75 Å². The highest BCUT2D eigenvalue weighted by molar-refractivity contribution is 5.98. The van der Waals surface area contributed by atoms with Crippen molar-refractivity contribution >= 4 is 11.6 Å². The number of amides is 1. The fraction of sp³-hybridized carbons (Fsp3) is 0.345. The molecule has 3 aliphatic rings. The van der Waals surface area contributed by atoms with E-state index in [0.717, 1.165) is 0 Å². The van der Waals surface area contributed by atoms with Crippen molar-refractivity contribution < 1.29 is 27.8 Å². The molecule has 4 heterocycles. The van der Waals surface area contributed by atoms with Crippen molar-refractivity contribution in [3.63, 3.8) is 0 Å². The molecular formula is C29H23F3N6O3. The maximum Gasteiger partial charge on any atom is 0.387 e. The van der Waals surface area contributed by atoms with E-state index in [2.05, 4.69) is 11.1 Å².